The van der Waals surface area contributed by atoms with Gasteiger partial charge in [-0.15, -0.1) is 0 Å². The fourth-order valence-electron chi connectivity index (χ4n) is 4.76. The number of hydrogen-bond acceptors (Lipinski definition) is 10. The van der Waals surface area contributed by atoms with Crippen molar-refractivity contribution < 1.29 is 47.6 Å². The molecule has 14 heteroatoms. The van der Waals surface area contributed by atoms with Gasteiger partial charge in [-0.1, -0.05) is 63.7 Å². The van der Waals surface area contributed by atoms with Gasteiger partial charge in [0.25, 0.3) is 0 Å². The first kappa shape index (κ1) is 36.9. The van der Waals surface area contributed by atoms with Crippen LogP contribution in [-0.4, -0.2) is 68.3 Å². The predicted molar refractivity (Wildman–Crippen MR) is 190 cm³/mol. The largest absolute Gasteiger partial charge is 0.459 e. The summed E-state index contributed by atoms with van der Waals surface area (Å²) in [4.78, 5) is 53.5. The van der Waals surface area contributed by atoms with Gasteiger partial charge in [0.2, 0.25) is 0 Å². The van der Waals surface area contributed by atoms with E-state index in [0.29, 0.717) is 0 Å². The van der Waals surface area contributed by atoms with Crippen molar-refractivity contribution in [3.8, 4) is 0 Å². The lowest BCUT2D eigenvalue weighted by molar-refractivity contribution is -0.291. The Morgan fingerprint density at radius 1 is 0.510 bits per heavy atom. The quantitative estimate of drug-likeness (QED) is 0.114. The van der Waals surface area contributed by atoms with Crippen molar-refractivity contribution in [1.29, 1.82) is 0 Å². The SMILES string of the molecule is CO[C@@H]1O[C@H](COC(=O)c2ccc(Br)cc2)[C@@H](OC(=O)c2ccc(Br)cc2)[C@H](OC(=O)c2ccc(Br)cc2)[C@@H]1OC(=O)c1ccc(Br)cc1. The molecule has 0 aliphatic carbocycles. The van der Waals surface area contributed by atoms with E-state index in [4.69, 9.17) is 28.4 Å². The van der Waals surface area contributed by atoms with Crippen molar-refractivity contribution in [2.45, 2.75) is 30.7 Å². The van der Waals surface area contributed by atoms with E-state index >= 15 is 0 Å². The molecule has 0 amide bonds. The Balaban J connectivity index is 1.51. The Morgan fingerprint density at radius 2 is 0.837 bits per heavy atom. The van der Waals surface area contributed by atoms with Gasteiger partial charge in [-0.05, 0) is 97.1 Å². The fourth-order valence-corrected chi connectivity index (χ4v) is 5.82. The summed E-state index contributed by atoms with van der Waals surface area (Å²) in [5, 5.41) is 0. The van der Waals surface area contributed by atoms with Gasteiger partial charge in [-0.3, -0.25) is 0 Å². The third kappa shape index (κ3) is 9.65. The minimum absolute atomic E-state index is 0.165. The lowest BCUT2D eigenvalue weighted by Gasteiger charge is -2.44. The first-order valence-electron chi connectivity index (χ1n) is 14.5. The van der Waals surface area contributed by atoms with Gasteiger partial charge in [0, 0.05) is 25.0 Å². The summed E-state index contributed by atoms with van der Waals surface area (Å²) in [6.07, 6.45) is -6.98. The van der Waals surface area contributed by atoms with E-state index in [0.717, 1.165) is 17.9 Å². The lowest BCUT2D eigenvalue weighted by Crippen LogP contribution is -2.63. The van der Waals surface area contributed by atoms with Crippen LogP contribution < -0.4 is 0 Å². The molecule has 5 atom stereocenters. The molecule has 1 aliphatic heterocycles. The number of hydrogen-bond donors (Lipinski definition) is 0. The first-order chi connectivity index (χ1) is 23.5. The number of halogens is 4. The van der Waals surface area contributed by atoms with E-state index in [1.54, 1.807) is 60.7 Å². The van der Waals surface area contributed by atoms with Gasteiger partial charge >= 0.3 is 23.9 Å². The van der Waals surface area contributed by atoms with Crippen LogP contribution in [0.3, 0.4) is 0 Å². The highest BCUT2D eigenvalue weighted by Crippen LogP contribution is 2.32. The maximum Gasteiger partial charge on any atom is 0.338 e. The Bertz CT molecular complexity index is 1780. The summed E-state index contributed by atoms with van der Waals surface area (Å²) in [5.41, 5.74) is 0.775. The zero-order valence-electron chi connectivity index (χ0n) is 25.4. The molecule has 49 heavy (non-hydrogen) atoms. The van der Waals surface area contributed by atoms with Gasteiger partial charge in [-0.25, -0.2) is 19.2 Å². The Hall–Kier alpha value is -3.40. The number of rotatable bonds is 10. The van der Waals surface area contributed by atoms with Gasteiger partial charge in [-0.2, -0.15) is 0 Å². The number of carbonyl (C=O) groups is 4. The van der Waals surface area contributed by atoms with E-state index in [-0.39, 0.29) is 22.3 Å². The van der Waals surface area contributed by atoms with E-state index in [1.807, 2.05) is 0 Å². The van der Waals surface area contributed by atoms with Crippen LogP contribution in [-0.2, 0) is 28.4 Å². The zero-order valence-corrected chi connectivity index (χ0v) is 31.8. The lowest BCUT2D eigenvalue weighted by atomic mass is 9.97. The van der Waals surface area contributed by atoms with Crippen LogP contribution in [0.25, 0.3) is 0 Å². The number of benzene rings is 4. The number of methoxy groups -OCH3 is 1. The molecule has 4 aromatic rings. The maximum absolute atomic E-state index is 13.6. The molecule has 0 radical (unpaired) electrons. The second kappa shape index (κ2) is 17.0. The molecule has 1 heterocycles. The average Bonchev–Trinajstić information content (AvgIpc) is 3.10. The van der Waals surface area contributed by atoms with Crippen LogP contribution >= 0.6 is 63.7 Å². The number of carbonyl (C=O) groups excluding carboxylic acids is 4. The summed E-state index contributed by atoms with van der Waals surface area (Å²) in [5.74, 6) is -3.08. The van der Waals surface area contributed by atoms with Crippen LogP contribution in [0.15, 0.2) is 115 Å². The summed E-state index contributed by atoms with van der Waals surface area (Å²) < 4.78 is 38.1. The zero-order chi connectivity index (χ0) is 35.1. The normalized spacial score (nSPS) is 20.1. The smallest absolute Gasteiger partial charge is 0.338 e. The highest BCUT2D eigenvalue weighted by molar-refractivity contribution is 9.11. The second-order valence-corrected chi connectivity index (χ2v) is 14.2. The maximum atomic E-state index is 13.6. The van der Waals surface area contributed by atoms with Crippen LogP contribution in [0.4, 0.5) is 0 Å². The van der Waals surface area contributed by atoms with Gasteiger partial charge in [0.05, 0.1) is 22.3 Å². The summed E-state index contributed by atoms with van der Waals surface area (Å²) in [6, 6.07) is 25.6. The molecule has 4 aromatic carbocycles. The number of esters is 4. The molecule has 1 aliphatic rings. The minimum Gasteiger partial charge on any atom is -0.459 e. The topological polar surface area (TPSA) is 124 Å². The summed E-state index contributed by atoms with van der Waals surface area (Å²) in [7, 11) is 1.30. The molecule has 0 aromatic heterocycles. The van der Waals surface area contributed by atoms with Crippen molar-refractivity contribution in [3.63, 3.8) is 0 Å². The molecule has 0 N–H and O–H groups in total. The van der Waals surface area contributed by atoms with Gasteiger partial charge in [0.15, 0.2) is 24.6 Å². The molecular weight excluding hydrogens is 900 g/mol. The molecular formula is C35H26Br4O10. The van der Waals surface area contributed by atoms with E-state index in [9.17, 15) is 19.2 Å². The number of ether oxygens (including phenoxy) is 6. The van der Waals surface area contributed by atoms with E-state index < -0.39 is 61.2 Å². The fraction of sp³-hybridized carbons (Fsp3) is 0.200. The van der Waals surface area contributed by atoms with Crippen LogP contribution in [0.5, 0.6) is 0 Å². The minimum atomic E-state index is -1.50. The average molecular weight is 926 g/mol. The van der Waals surface area contributed by atoms with Crippen LogP contribution in [0, 0.1) is 0 Å². The molecule has 0 unspecified atom stereocenters. The van der Waals surface area contributed by atoms with Gasteiger partial charge in [0.1, 0.15) is 12.7 Å². The van der Waals surface area contributed by atoms with Crippen LogP contribution in [0.1, 0.15) is 41.4 Å². The summed E-state index contributed by atoms with van der Waals surface area (Å²) in [6.45, 7) is -0.452. The second-order valence-electron chi connectivity index (χ2n) is 10.5. The third-order valence-corrected chi connectivity index (χ3v) is 9.37. The third-order valence-electron chi connectivity index (χ3n) is 7.25. The molecule has 0 spiro atoms. The molecule has 10 nitrogen and oxygen atoms in total. The molecule has 0 bridgehead atoms. The van der Waals surface area contributed by atoms with E-state index in [2.05, 4.69) is 63.7 Å². The van der Waals surface area contributed by atoms with Gasteiger partial charge < -0.3 is 28.4 Å². The van der Waals surface area contributed by atoms with Crippen molar-refractivity contribution in [3.05, 3.63) is 137 Å². The highest BCUT2D eigenvalue weighted by atomic mass is 79.9. The predicted octanol–water partition coefficient (Wildman–Crippen LogP) is 7.94. The monoisotopic (exact) mass is 922 g/mol. The van der Waals surface area contributed by atoms with E-state index in [1.165, 1.54) is 43.5 Å². The molecule has 254 valence electrons. The van der Waals surface area contributed by atoms with Crippen LogP contribution in [0.2, 0.25) is 0 Å². The highest BCUT2D eigenvalue weighted by Gasteiger charge is 2.53. The molecule has 0 saturated carbocycles. The standard InChI is InChI=1S/C35H26Br4O10/c1-44-35-30(49-34(43)22-8-16-26(39)17-9-22)29(48-33(42)21-6-14-25(38)15-7-21)28(47-32(41)20-4-12-24(37)13-5-20)27(46-35)18-45-31(40)19-2-10-23(36)11-3-19/h2-17,27-30,35H,18H2,1H3/t27-,28-,29+,30+,35-/m1/s1. The molecule has 5 rings (SSSR count). The Labute approximate surface area is 314 Å². The summed E-state index contributed by atoms with van der Waals surface area (Å²) >= 11 is 13.4. The first-order valence-corrected chi connectivity index (χ1v) is 17.7. The van der Waals surface area contributed by atoms with Crippen molar-refractivity contribution >= 4 is 87.6 Å². The molecule has 1 saturated heterocycles. The molecule has 1 fully saturated rings. The Kier molecular flexibility index (Phi) is 12.8. The van der Waals surface area contributed by atoms with Crippen molar-refractivity contribution in [2.75, 3.05) is 13.7 Å². The van der Waals surface area contributed by atoms with Crippen molar-refractivity contribution in [2.24, 2.45) is 0 Å². The van der Waals surface area contributed by atoms with Crippen molar-refractivity contribution in [1.82, 2.24) is 0 Å². The Morgan fingerprint density at radius 3 is 1.20 bits per heavy atom.